The van der Waals surface area contributed by atoms with E-state index in [0.717, 1.165) is 3.57 Å². The molecule has 1 aromatic carbocycles. The topological polar surface area (TPSA) is 35.0 Å². The second-order valence-electron chi connectivity index (χ2n) is 2.74. The van der Waals surface area contributed by atoms with Crippen molar-refractivity contribution in [1.82, 2.24) is 9.97 Å². The number of ether oxygens (including phenoxy) is 1. The van der Waals surface area contributed by atoms with Crippen molar-refractivity contribution in [3.8, 4) is 11.8 Å². The van der Waals surface area contributed by atoms with Gasteiger partial charge in [0.2, 0.25) is 0 Å². The Labute approximate surface area is 99.5 Å². The molecule has 1 heterocycles. The van der Waals surface area contributed by atoms with Gasteiger partial charge in [0.15, 0.2) is 0 Å². The average Bonchev–Trinajstić information content (AvgIpc) is 2.25. The maximum absolute atomic E-state index is 12.6. The summed E-state index contributed by atoms with van der Waals surface area (Å²) in [5.74, 6) is 0.212. The van der Waals surface area contributed by atoms with Gasteiger partial charge in [-0.05, 0) is 46.9 Å². The van der Waals surface area contributed by atoms with Crippen LogP contribution in [0.2, 0.25) is 0 Å². The molecule has 0 aliphatic heterocycles. The highest BCUT2D eigenvalue weighted by molar-refractivity contribution is 14.1. The third-order valence-corrected chi connectivity index (χ3v) is 2.18. The third-order valence-electron chi connectivity index (χ3n) is 1.62. The van der Waals surface area contributed by atoms with Crippen LogP contribution >= 0.6 is 22.6 Å². The first kappa shape index (κ1) is 10.3. The predicted molar refractivity (Wildman–Crippen MR) is 61.2 cm³/mol. The Morgan fingerprint density at radius 2 is 1.67 bits per heavy atom. The van der Waals surface area contributed by atoms with Crippen molar-refractivity contribution in [2.24, 2.45) is 0 Å². The Kier molecular flexibility index (Phi) is 3.10. The van der Waals surface area contributed by atoms with Gasteiger partial charge in [-0.25, -0.2) is 14.4 Å². The fourth-order valence-electron chi connectivity index (χ4n) is 0.961. The van der Waals surface area contributed by atoms with E-state index in [1.54, 1.807) is 12.4 Å². The lowest BCUT2D eigenvalue weighted by molar-refractivity contribution is 0.440. The molecule has 0 amide bonds. The van der Waals surface area contributed by atoms with Gasteiger partial charge in [-0.2, -0.15) is 0 Å². The van der Waals surface area contributed by atoms with Crippen LogP contribution in [0.4, 0.5) is 4.39 Å². The van der Waals surface area contributed by atoms with Gasteiger partial charge in [-0.15, -0.1) is 0 Å². The molecule has 15 heavy (non-hydrogen) atoms. The van der Waals surface area contributed by atoms with Crippen LogP contribution in [0, 0.1) is 9.39 Å². The zero-order valence-electron chi connectivity index (χ0n) is 7.52. The molecule has 2 aromatic rings. The van der Waals surface area contributed by atoms with Gasteiger partial charge in [0.1, 0.15) is 11.6 Å². The molecule has 0 atom stereocenters. The number of benzene rings is 1. The van der Waals surface area contributed by atoms with Crippen molar-refractivity contribution in [2.45, 2.75) is 0 Å². The molecule has 0 spiro atoms. The summed E-state index contributed by atoms with van der Waals surface area (Å²) >= 11 is 2.10. The quantitative estimate of drug-likeness (QED) is 0.799. The molecule has 0 saturated carbocycles. The molecule has 0 bridgehead atoms. The first-order chi connectivity index (χ1) is 7.24. The van der Waals surface area contributed by atoms with Gasteiger partial charge in [-0.1, -0.05) is 0 Å². The van der Waals surface area contributed by atoms with Gasteiger partial charge < -0.3 is 4.74 Å². The molecule has 0 fully saturated rings. The highest BCUT2D eigenvalue weighted by Crippen LogP contribution is 2.17. The maximum atomic E-state index is 12.6. The van der Waals surface area contributed by atoms with Crippen molar-refractivity contribution in [3.05, 3.63) is 46.0 Å². The lowest BCUT2D eigenvalue weighted by Gasteiger charge is -2.02. The van der Waals surface area contributed by atoms with Gasteiger partial charge in [0.05, 0.1) is 0 Å². The van der Waals surface area contributed by atoms with Gasteiger partial charge in [-0.3, -0.25) is 0 Å². The third kappa shape index (κ3) is 2.85. The van der Waals surface area contributed by atoms with E-state index in [2.05, 4.69) is 32.6 Å². The van der Waals surface area contributed by atoms with Crippen LogP contribution in [-0.4, -0.2) is 9.97 Å². The molecular formula is C10H6FIN2O. The first-order valence-electron chi connectivity index (χ1n) is 4.15. The molecule has 0 aliphatic rings. The van der Waals surface area contributed by atoms with Crippen LogP contribution in [0.15, 0.2) is 36.7 Å². The minimum atomic E-state index is -0.300. The molecular weight excluding hydrogens is 310 g/mol. The Hall–Kier alpha value is -1.24. The standard InChI is InChI=1S/C10H6FIN2O/c11-7-1-3-9(4-2-7)15-10-13-5-8(12)6-14-10/h1-6H. The summed E-state index contributed by atoms with van der Waals surface area (Å²) in [4.78, 5) is 7.92. The highest BCUT2D eigenvalue weighted by Gasteiger charge is 1.99. The van der Waals surface area contributed by atoms with Crippen LogP contribution in [0.25, 0.3) is 0 Å². The van der Waals surface area contributed by atoms with E-state index in [9.17, 15) is 4.39 Å². The van der Waals surface area contributed by atoms with E-state index >= 15 is 0 Å². The van der Waals surface area contributed by atoms with Crippen molar-refractivity contribution in [3.63, 3.8) is 0 Å². The summed E-state index contributed by atoms with van der Waals surface area (Å²) in [7, 11) is 0. The Morgan fingerprint density at radius 3 is 2.27 bits per heavy atom. The number of nitrogens with zero attached hydrogens (tertiary/aromatic N) is 2. The van der Waals surface area contributed by atoms with Gasteiger partial charge in [0, 0.05) is 16.0 Å². The van der Waals surface area contributed by atoms with Crippen molar-refractivity contribution < 1.29 is 9.13 Å². The summed E-state index contributed by atoms with van der Waals surface area (Å²) in [5.41, 5.74) is 0. The van der Waals surface area contributed by atoms with E-state index < -0.39 is 0 Å². The van der Waals surface area contributed by atoms with Crippen LogP contribution in [-0.2, 0) is 0 Å². The van der Waals surface area contributed by atoms with E-state index in [1.165, 1.54) is 24.3 Å². The minimum Gasteiger partial charge on any atom is -0.424 e. The fraction of sp³-hybridized carbons (Fsp3) is 0. The summed E-state index contributed by atoms with van der Waals surface area (Å²) in [6.07, 6.45) is 3.29. The van der Waals surface area contributed by atoms with Crippen LogP contribution in [0.3, 0.4) is 0 Å². The van der Waals surface area contributed by atoms with Crippen molar-refractivity contribution in [1.29, 1.82) is 0 Å². The van der Waals surface area contributed by atoms with Crippen LogP contribution in [0.5, 0.6) is 11.8 Å². The fourth-order valence-corrected chi connectivity index (χ4v) is 1.24. The molecule has 0 unspecified atom stereocenters. The lowest BCUT2D eigenvalue weighted by atomic mass is 10.3. The zero-order valence-corrected chi connectivity index (χ0v) is 9.68. The normalized spacial score (nSPS) is 10.0. The molecule has 0 radical (unpaired) electrons. The molecule has 3 nitrogen and oxygen atoms in total. The maximum Gasteiger partial charge on any atom is 0.321 e. The summed E-state index contributed by atoms with van der Waals surface area (Å²) < 4.78 is 18.8. The van der Waals surface area contributed by atoms with Crippen molar-refractivity contribution in [2.75, 3.05) is 0 Å². The summed E-state index contributed by atoms with van der Waals surface area (Å²) in [6, 6.07) is 5.94. The van der Waals surface area contributed by atoms with E-state index in [4.69, 9.17) is 4.74 Å². The first-order valence-corrected chi connectivity index (χ1v) is 5.23. The molecule has 76 valence electrons. The summed E-state index contributed by atoms with van der Waals surface area (Å²) in [5, 5.41) is 0. The highest BCUT2D eigenvalue weighted by atomic mass is 127. The molecule has 2 rings (SSSR count). The van der Waals surface area contributed by atoms with Crippen molar-refractivity contribution >= 4 is 22.6 Å². The SMILES string of the molecule is Fc1ccc(Oc2ncc(I)cn2)cc1. The number of hydrogen-bond acceptors (Lipinski definition) is 3. The van der Waals surface area contributed by atoms with Crippen LogP contribution in [0.1, 0.15) is 0 Å². The predicted octanol–water partition coefficient (Wildman–Crippen LogP) is 3.01. The monoisotopic (exact) mass is 316 g/mol. The van der Waals surface area contributed by atoms with E-state index in [0.29, 0.717) is 5.75 Å². The second kappa shape index (κ2) is 4.52. The van der Waals surface area contributed by atoms with Gasteiger partial charge in [0.25, 0.3) is 0 Å². The Bertz CT molecular complexity index is 400. The smallest absolute Gasteiger partial charge is 0.321 e. The van der Waals surface area contributed by atoms with Gasteiger partial charge >= 0.3 is 6.01 Å². The number of hydrogen-bond donors (Lipinski definition) is 0. The number of halogens is 2. The average molecular weight is 316 g/mol. The van der Waals surface area contributed by atoms with Crippen LogP contribution < -0.4 is 4.74 Å². The zero-order chi connectivity index (χ0) is 10.7. The molecule has 0 N–H and O–H groups in total. The molecule has 0 aliphatic carbocycles. The number of rotatable bonds is 2. The summed E-state index contributed by atoms with van der Waals surface area (Å²) in [6.45, 7) is 0. The number of aromatic nitrogens is 2. The lowest BCUT2D eigenvalue weighted by Crippen LogP contribution is -1.91. The molecule has 5 heteroatoms. The molecule has 1 aromatic heterocycles. The second-order valence-corrected chi connectivity index (χ2v) is 3.99. The largest absolute Gasteiger partial charge is 0.424 e. The molecule has 0 saturated heterocycles. The van der Waals surface area contributed by atoms with E-state index in [-0.39, 0.29) is 11.8 Å². The van der Waals surface area contributed by atoms with E-state index in [1.807, 2.05) is 0 Å². The Balaban J connectivity index is 2.15. The minimum absolute atomic E-state index is 0.252. The Morgan fingerprint density at radius 1 is 1.07 bits per heavy atom.